The zero-order valence-electron chi connectivity index (χ0n) is 7.68. The van der Waals surface area contributed by atoms with Gasteiger partial charge in [0.15, 0.2) is 0 Å². The van der Waals surface area contributed by atoms with E-state index in [1.807, 2.05) is 31.2 Å². The standard InChI is InChI=1S/C9H12Cl2OSi/c1-3-13(10,11)9-6-4-5-8(7-9)12-2/h4-7H,3H2,1-2H3. The van der Waals surface area contributed by atoms with E-state index in [1.54, 1.807) is 7.11 Å². The van der Waals surface area contributed by atoms with Crippen molar-refractivity contribution in [3.63, 3.8) is 0 Å². The lowest BCUT2D eigenvalue weighted by Crippen LogP contribution is -2.35. The second-order valence-electron chi connectivity index (χ2n) is 2.79. The van der Waals surface area contributed by atoms with Crippen LogP contribution >= 0.6 is 22.2 Å². The molecule has 1 rings (SSSR count). The number of benzene rings is 1. The predicted molar refractivity (Wildman–Crippen MR) is 60.6 cm³/mol. The molecular formula is C9H12Cl2OSi. The van der Waals surface area contributed by atoms with Crippen molar-refractivity contribution in [2.45, 2.75) is 13.0 Å². The van der Waals surface area contributed by atoms with Gasteiger partial charge in [-0.1, -0.05) is 19.1 Å². The van der Waals surface area contributed by atoms with Gasteiger partial charge in [0.1, 0.15) is 5.75 Å². The van der Waals surface area contributed by atoms with Gasteiger partial charge in [0.2, 0.25) is 0 Å². The van der Waals surface area contributed by atoms with Crippen molar-refractivity contribution in [2.75, 3.05) is 7.11 Å². The zero-order chi connectivity index (χ0) is 9.90. The average Bonchev–Trinajstić information content (AvgIpc) is 2.18. The number of ether oxygens (including phenoxy) is 1. The maximum Gasteiger partial charge on any atom is 0.280 e. The number of halogens is 2. The first-order valence-corrected chi connectivity index (χ1v) is 8.35. The van der Waals surface area contributed by atoms with Gasteiger partial charge in [-0.05, 0) is 23.4 Å². The Morgan fingerprint density at radius 2 is 2.08 bits per heavy atom. The van der Waals surface area contributed by atoms with E-state index >= 15 is 0 Å². The summed E-state index contributed by atoms with van der Waals surface area (Å²) in [6.45, 7) is -0.231. The zero-order valence-corrected chi connectivity index (χ0v) is 10.2. The van der Waals surface area contributed by atoms with Gasteiger partial charge in [0.05, 0.1) is 7.11 Å². The monoisotopic (exact) mass is 234 g/mol. The summed E-state index contributed by atoms with van der Waals surface area (Å²) in [6.07, 6.45) is 0. The Hall–Kier alpha value is -0.183. The lowest BCUT2D eigenvalue weighted by Gasteiger charge is -2.15. The quantitative estimate of drug-likeness (QED) is 0.578. The minimum Gasteiger partial charge on any atom is -0.497 e. The van der Waals surface area contributed by atoms with Gasteiger partial charge in [0, 0.05) is 0 Å². The van der Waals surface area contributed by atoms with Gasteiger partial charge >= 0.3 is 0 Å². The molecule has 0 fully saturated rings. The third-order valence-electron chi connectivity index (χ3n) is 1.94. The van der Waals surface area contributed by atoms with Gasteiger partial charge in [-0.3, -0.25) is 0 Å². The Bertz CT molecular complexity index is 289. The van der Waals surface area contributed by atoms with Crippen LogP contribution in [0.1, 0.15) is 6.92 Å². The lowest BCUT2D eigenvalue weighted by atomic mass is 10.3. The van der Waals surface area contributed by atoms with E-state index in [4.69, 9.17) is 26.9 Å². The Labute approximate surface area is 89.0 Å². The molecule has 4 heteroatoms. The molecule has 72 valence electrons. The summed E-state index contributed by atoms with van der Waals surface area (Å²) >= 11 is 12.4. The normalized spacial score (nSPS) is 11.4. The molecule has 0 unspecified atom stereocenters. The van der Waals surface area contributed by atoms with Crippen LogP contribution in [0.15, 0.2) is 24.3 Å². The van der Waals surface area contributed by atoms with Gasteiger partial charge in [-0.25, -0.2) is 0 Å². The molecule has 1 nitrogen and oxygen atoms in total. The topological polar surface area (TPSA) is 9.23 Å². The maximum atomic E-state index is 6.22. The summed E-state index contributed by atoms with van der Waals surface area (Å²) in [6, 6.07) is 8.48. The number of hydrogen-bond donors (Lipinski definition) is 0. The number of rotatable bonds is 3. The fourth-order valence-corrected chi connectivity index (χ4v) is 2.86. The molecule has 1 aromatic rings. The highest BCUT2D eigenvalue weighted by Crippen LogP contribution is 2.21. The molecule has 0 radical (unpaired) electrons. The Morgan fingerprint density at radius 3 is 2.62 bits per heavy atom. The Morgan fingerprint density at radius 1 is 1.38 bits per heavy atom. The van der Waals surface area contributed by atoms with Crippen molar-refractivity contribution in [3.05, 3.63) is 24.3 Å². The van der Waals surface area contributed by atoms with Crippen LogP contribution in [0.4, 0.5) is 0 Å². The van der Waals surface area contributed by atoms with Gasteiger partial charge in [0.25, 0.3) is 6.69 Å². The van der Waals surface area contributed by atoms with Crippen molar-refractivity contribution in [1.29, 1.82) is 0 Å². The third-order valence-corrected chi connectivity index (χ3v) is 6.89. The van der Waals surface area contributed by atoms with E-state index in [1.165, 1.54) is 0 Å². The van der Waals surface area contributed by atoms with E-state index < -0.39 is 6.69 Å². The van der Waals surface area contributed by atoms with Crippen molar-refractivity contribution in [1.82, 2.24) is 0 Å². The van der Waals surface area contributed by atoms with E-state index in [9.17, 15) is 0 Å². The molecule has 0 amide bonds. The molecule has 0 heterocycles. The molecule has 0 N–H and O–H groups in total. The molecule has 0 atom stereocenters. The van der Waals surface area contributed by atoms with Crippen LogP contribution in [-0.4, -0.2) is 13.8 Å². The molecule has 1 aromatic carbocycles. The van der Waals surface area contributed by atoms with Crippen molar-refractivity contribution < 1.29 is 4.74 Å². The lowest BCUT2D eigenvalue weighted by molar-refractivity contribution is 0.415. The number of hydrogen-bond acceptors (Lipinski definition) is 1. The summed E-state index contributed by atoms with van der Waals surface area (Å²) in [4.78, 5) is 0. The fourth-order valence-electron chi connectivity index (χ4n) is 1.05. The van der Waals surface area contributed by atoms with E-state index in [-0.39, 0.29) is 0 Å². The van der Waals surface area contributed by atoms with Gasteiger partial charge < -0.3 is 4.74 Å². The van der Waals surface area contributed by atoms with E-state index in [0.29, 0.717) is 0 Å². The molecule has 0 bridgehead atoms. The molecular weight excluding hydrogens is 223 g/mol. The van der Waals surface area contributed by atoms with Gasteiger partial charge in [-0.2, -0.15) is 0 Å². The highest BCUT2D eigenvalue weighted by Gasteiger charge is 2.28. The van der Waals surface area contributed by atoms with Crippen LogP contribution in [0.2, 0.25) is 6.04 Å². The highest BCUT2D eigenvalue weighted by molar-refractivity contribution is 7.50. The average molecular weight is 235 g/mol. The second kappa shape index (κ2) is 4.36. The smallest absolute Gasteiger partial charge is 0.280 e. The van der Waals surface area contributed by atoms with Crippen LogP contribution in [0, 0.1) is 0 Å². The first-order valence-electron chi connectivity index (χ1n) is 4.12. The first kappa shape index (κ1) is 10.9. The molecule has 13 heavy (non-hydrogen) atoms. The molecule has 0 saturated carbocycles. The van der Waals surface area contributed by atoms with Crippen molar-refractivity contribution in [3.8, 4) is 5.75 Å². The number of methoxy groups -OCH3 is 1. The van der Waals surface area contributed by atoms with Crippen LogP contribution in [0.25, 0.3) is 0 Å². The minimum absolute atomic E-state index is 0.809. The Balaban J connectivity index is 3.01. The summed E-state index contributed by atoms with van der Waals surface area (Å²) in [5, 5.41) is 1.01. The van der Waals surface area contributed by atoms with Crippen molar-refractivity contribution in [2.24, 2.45) is 0 Å². The SMILES string of the molecule is CC[Si](Cl)(Cl)c1cccc(OC)c1. The molecule has 0 aromatic heterocycles. The molecule has 0 aliphatic heterocycles. The predicted octanol–water partition coefficient (Wildman–Crippen LogP) is 2.84. The van der Waals surface area contributed by atoms with Gasteiger partial charge in [-0.15, -0.1) is 22.2 Å². The summed E-state index contributed by atoms with van der Waals surface area (Å²) in [5.41, 5.74) is 0. The summed E-state index contributed by atoms with van der Waals surface area (Å²) < 4.78 is 5.10. The summed E-state index contributed by atoms with van der Waals surface area (Å²) in [7, 11) is 1.64. The van der Waals surface area contributed by atoms with E-state index in [2.05, 4.69) is 0 Å². The Kier molecular flexibility index (Phi) is 3.65. The third kappa shape index (κ3) is 2.63. The molecule has 0 aliphatic carbocycles. The fraction of sp³-hybridized carbons (Fsp3) is 0.333. The van der Waals surface area contributed by atoms with Crippen LogP contribution in [0.5, 0.6) is 5.75 Å². The van der Waals surface area contributed by atoms with Crippen LogP contribution in [-0.2, 0) is 0 Å². The first-order chi connectivity index (χ1) is 6.10. The largest absolute Gasteiger partial charge is 0.497 e. The second-order valence-corrected chi connectivity index (χ2v) is 9.94. The molecule has 0 saturated heterocycles. The minimum atomic E-state index is -2.24. The summed E-state index contributed by atoms with van der Waals surface area (Å²) in [5.74, 6) is 0.809. The molecule has 0 spiro atoms. The van der Waals surface area contributed by atoms with Crippen LogP contribution in [0.3, 0.4) is 0 Å². The molecule has 0 aliphatic rings. The van der Waals surface area contributed by atoms with Crippen LogP contribution < -0.4 is 9.92 Å². The van der Waals surface area contributed by atoms with E-state index in [0.717, 1.165) is 17.0 Å². The maximum absolute atomic E-state index is 6.22. The highest BCUT2D eigenvalue weighted by atomic mass is 35.7. The van der Waals surface area contributed by atoms with Crippen molar-refractivity contribution >= 4 is 34.0 Å².